The van der Waals surface area contributed by atoms with Crippen molar-refractivity contribution in [2.75, 3.05) is 0 Å². The molecule has 19 heavy (non-hydrogen) atoms. The number of rotatable bonds is 6. The molecule has 0 aromatic carbocycles. The monoisotopic (exact) mass is 306 g/mol. The topological polar surface area (TPSA) is 96.4 Å². The lowest BCUT2D eigenvalue weighted by molar-refractivity contribution is -0.144. The van der Waals surface area contributed by atoms with Gasteiger partial charge in [0.15, 0.2) is 0 Å². The number of nitrogens with zero attached hydrogens (tertiary/aromatic N) is 1. The van der Waals surface area contributed by atoms with Crippen LogP contribution in [0.3, 0.4) is 0 Å². The van der Waals surface area contributed by atoms with Crippen LogP contribution in [0.5, 0.6) is 0 Å². The zero-order valence-corrected chi connectivity index (χ0v) is 12.1. The molecule has 8 heteroatoms. The fourth-order valence-corrected chi connectivity index (χ4v) is 3.58. The summed E-state index contributed by atoms with van der Waals surface area (Å²) in [6, 6.07) is 2.69. The Morgan fingerprint density at radius 1 is 1.47 bits per heavy atom. The summed E-state index contributed by atoms with van der Waals surface area (Å²) >= 11 is 5.73. The van der Waals surface area contributed by atoms with Gasteiger partial charge in [-0.3, -0.25) is 4.79 Å². The molecule has 1 rings (SSSR count). The van der Waals surface area contributed by atoms with Gasteiger partial charge in [-0.15, -0.1) is 0 Å². The highest BCUT2D eigenvalue weighted by atomic mass is 35.5. The highest BCUT2D eigenvalue weighted by molar-refractivity contribution is 7.89. The standard InChI is InChI=1S/C11H15ClN2O4S/c1-3-11(4-2,10(15)16)14-19(17,18)8-6-5-7-13-9(8)12/h5-7,14H,3-4H2,1-2H3,(H,15,16). The molecular weight excluding hydrogens is 292 g/mol. The first-order chi connectivity index (χ1) is 8.79. The van der Waals surface area contributed by atoms with E-state index in [0.717, 1.165) is 0 Å². The maximum absolute atomic E-state index is 12.2. The van der Waals surface area contributed by atoms with Crippen LogP contribution in [0.1, 0.15) is 26.7 Å². The molecule has 0 radical (unpaired) electrons. The third kappa shape index (κ3) is 3.23. The lowest BCUT2D eigenvalue weighted by Gasteiger charge is -2.27. The van der Waals surface area contributed by atoms with Gasteiger partial charge in [-0.2, -0.15) is 4.72 Å². The second-order valence-electron chi connectivity index (χ2n) is 3.99. The van der Waals surface area contributed by atoms with E-state index in [2.05, 4.69) is 9.71 Å². The average Bonchev–Trinajstić information content (AvgIpc) is 2.36. The molecule has 1 aromatic rings. The molecule has 0 unspecified atom stereocenters. The van der Waals surface area contributed by atoms with Crippen molar-refractivity contribution in [2.24, 2.45) is 0 Å². The Balaban J connectivity index is 3.23. The van der Waals surface area contributed by atoms with E-state index in [1.165, 1.54) is 18.3 Å². The Morgan fingerprint density at radius 2 is 2.05 bits per heavy atom. The van der Waals surface area contributed by atoms with E-state index in [-0.39, 0.29) is 22.9 Å². The summed E-state index contributed by atoms with van der Waals surface area (Å²) < 4.78 is 26.6. The second kappa shape index (κ2) is 5.85. The van der Waals surface area contributed by atoms with Gasteiger partial charge in [0.25, 0.3) is 0 Å². The van der Waals surface area contributed by atoms with Crippen molar-refractivity contribution < 1.29 is 18.3 Å². The number of aromatic nitrogens is 1. The molecule has 1 aromatic heterocycles. The molecule has 0 aliphatic heterocycles. The third-order valence-electron chi connectivity index (χ3n) is 2.96. The van der Waals surface area contributed by atoms with Crippen LogP contribution in [-0.4, -0.2) is 30.0 Å². The summed E-state index contributed by atoms with van der Waals surface area (Å²) in [5.74, 6) is -1.22. The van der Waals surface area contributed by atoms with Crippen LogP contribution in [-0.2, 0) is 14.8 Å². The molecule has 0 saturated heterocycles. The Kier molecular flexibility index (Phi) is 4.89. The number of carboxylic acid groups (broad SMARTS) is 1. The fourth-order valence-electron chi connectivity index (χ4n) is 1.62. The van der Waals surface area contributed by atoms with Crippen molar-refractivity contribution in [3.63, 3.8) is 0 Å². The predicted molar refractivity (Wildman–Crippen MR) is 70.5 cm³/mol. The summed E-state index contributed by atoms with van der Waals surface area (Å²) in [6.45, 7) is 3.20. The van der Waals surface area contributed by atoms with E-state index in [4.69, 9.17) is 11.6 Å². The molecule has 0 aliphatic rings. The number of hydrogen-bond acceptors (Lipinski definition) is 4. The predicted octanol–water partition coefficient (Wildman–Crippen LogP) is 1.66. The number of aliphatic carboxylic acids is 1. The van der Waals surface area contributed by atoms with Crippen LogP contribution in [0.25, 0.3) is 0 Å². The molecule has 0 bridgehead atoms. The van der Waals surface area contributed by atoms with Crippen LogP contribution in [0, 0.1) is 0 Å². The molecule has 106 valence electrons. The fraction of sp³-hybridized carbons (Fsp3) is 0.455. The quantitative estimate of drug-likeness (QED) is 0.779. The molecule has 0 saturated carbocycles. The molecule has 0 amide bonds. The highest BCUT2D eigenvalue weighted by Crippen LogP contribution is 2.23. The van der Waals surface area contributed by atoms with Gasteiger partial charge in [0.1, 0.15) is 15.6 Å². The molecule has 0 atom stereocenters. The molecule has 0 fully saturated rings. The maximum Gasteiger partial charge on any atom is 0.324 e. The van der Waals surface area contributed by atoms with Crippen LogP contribution in [0.4, 0.5) is 0 Å². The zero-order valence-electron chi connectivity index (χ0n) is 10.6. The van der Waals surface area contributed by atoms with Crippen molar-refractivity contribution in [3.8, 4) is 0 Å². The minimum absolute atomic E-state index is 0.121. The first-order valence-corrected chi connectivity index (χ1v) is 7.53. The number of halogens is 1. The van der Waals surface area contributed by atoms with Crippen LogP contribution >= 0.6 is 11.6 Å². The minimum Gasteiger partial charge on any atom is -0.480 e. The van der Waals surface area contributed by atoms with Crippen LogP contribution in [0.15, 0.2) is 23.2 Å². The van der Waals surface area contributed by atoms with Crippen molar-refractivity contribution in [1.29, 1.82) is 0 Å². The Hall–Kier alpha value is -1.18. The lowest BCUT2D eigenvalue weighted by Crippen LogP contribution is -2.53. The Labute approximate surface area is 116 Å². The Morgan fingerprint density at radius 3 is 2.47 bits per heavy atom. The smallest absolute Gasteiger partial charge is 0.324 e. The summed E-state index contributed by atoms with van der Waals surface area (Å²) in [5.41, 5.74) is -1.54. The number of sulfonamides is 1. The minimum atomic E-state index is -4.04. The van der Waals surface area contributed by atoms with Gasteiger partial charge in [0.05, 0.1) is 0 Å². The zero-order chi connectivity index (χ0) is 14.7. The van der Waals surface area contributed by atoms with E-state index in [9.17, 15) is 18.3 Å². The van der Waals surface area contributed by atoms with Crippen molar-refractivity contribution in [1.82, 2.24) is 9.71 Å². The molecule has 0 spiro atoms. The number of nitrogens with one attached hydrogen (secondary N) is 1. The van der Waals surface area contributed by atoms with Gasteiger partial charge in [-0.05, 0) is 25.0 Å². The molecule has 1 heterocycles. The SMILES string of the molecule is CCC(CC)(NS(=O)(=O)c1cccnc1Cl)C(=O)O. The highest BCUT2D eigenvalue weighted by Gasteiger charge is 2.39. The normalized spacial score (nSPS) is 12.4. The summed E-state index contributed by atoms with van der Waals surface area (Å²) in [6.07, 6.45) is 1.59. The first-order valence-electron chi connectivity index (χ1n) is 5.67. The number of pyridine rings is 1. The van der Waals surface area contributed by atoms with Gasteiger partial charge < -0.3 is 5.11 Å². The van der Waals surface area contributed by atoms with Gasteiger partial charge in [0, 0.05) is 6.20 Å². The van der Waals surface area contributed by atoms with E-state index >= 15 is 0 Å². The molecule has 2 N–H and O–H groups in total. The summed E-state index contributed by atoms with van der Waals surface area (Å²) in [4.78, 5) is 14.7. The largest absolute Gasteiger partial charge is 0.480 e. The van der Waals surface area contributed by atoms with E-state index in [1.807, 2.05) is 0 Å². The summed E-state index contributed by atoms with van der Waals surface area (Å²) in [7, 11) is -4.04. The van der Waals surface area contributed by atoms with Crippen molar-refractivity contribution in [3.05, 3.63) is 23.5 Å². The van der Waals surface area contributed by atoms with Crippen molar-refractivity contribution in [2.45, 2.75) is 37.1 Å². The van der Waals surface area contributed by atoms with E-state index < -0.39 is 21.5 Å². The van der Waals surface area contributed by atoms with Crippen molar-refractivity contribution >= 4 is 27.6 Å². The lowest BCUT2D eigenvalue weighted by atomic mass is 9.95. The van der Waals surface area contributed by atoms with Gasteiger partial charge in [-0.1, -0.05) is 25.4 Å². The van der Waals surface area contributed by atoms with E-state index in [0.29, 0.717) is 0 Å². The number of hydrogen-bond donors (Lipinski definition) is 2. The van der Waals surface area contributed by atoms with Crippen LogP contribution < -0.4 is 4.72 Å². The summed E-state index contributed by atoms with van der Waals surface area (Å²) in [5, 5.41) is 9.03. The number of carbonyl (C=O) groups is 1. The maximum atomic E-state index is 12.2. The molecule has 0 aliphatic carbocycles. The van der Waals surface area contributed by atoms with Crippen LogP contribution in [0.2, 0.25) is 5.15 Å². The van der Waals surface area contributed by atoms with E-state index in [1.54, 1.807) is 13.8 Å². The third-order valence-corrected chi connectivity index (χ3v) is 4.94. The molecule has 6 nitrogen and oxygen atoms in total. The second-order valence-corrected chi connectivity index (χ2v) is 6.00. The van der Waals surface area contributed by atoms with Gasteiger partial charge >= 0.3 is 5.97 Å². The first kappa shape index (κ1) is 15.9. The van der Waals surface area contributed by atoms with Gasteiger partial charge in [0.2, 0.25) is 10.0 Å². The number of carboxylic acids is 1. The average molecular weight is 307 g/mol. The Bertz CT molecular complexity index is 570. The van der Waals surface area contributed by atoms with Gasteiger partial charge in [-0.25, -0.2) is 13.4 Å². The molecular formula is C11H15ClN2O4S.